The van der Waals surface area contributed by atoms with Gasteiger partial charge in [-0.1, -0.05) is 6.07 Å². The van der Waals surface area contributed by atoms with Crippen LogP contribution in [0.4, 0.5) is 5.82 Å². The molecule has 0 aromatic carbocycles. The van der Waals surface area contributed by atoms with Gasteiger partial charge >= 0.3 is 0 Å². The van der Waals surface area contributed by atoms with E-state index in [0.717, 1.165) is 32.0 Å². The van der Waals surface area contributed by atoms with Gasteiger partial charge in [0.15, 0.2) is 0 Å². The van der Waals surface area contributed by atoms with Crippen LogP contribution in [0.15, 0.2) is 18.3 Å². The zero-order chi connectivity index (χ0) is 15.1. The number of hydrogen-bond donors (Lipinski definition) is 1. The molecule has 0 bridgehead atoms. The standard InChI is InChI=1S/C15H24N4O2/c1-13-3-4-14(17-11-13)19-8-6-18(7-9-19)12-15(20)16-5-10-21-2/h3-4,11H,5-10,12H2,1-2H3,(H,16,20). The third-order valence-electron chi connectivity index (χ3n) is 3.59. The largest absolute Gasteiger partial charge is 0.383 e. The van der Waals surface area contributed by atoms with Crippen molar-refractivity contribution in [2.75, 3.05) is 57.9 Å². The van der Waals surface area contributed by atoms with Crippen molar-refractivity contribution in [3.8, 4) is 0 Å². The zero-order valence-corrected chi connectivity index (χ0v) is 12.8. The van der Waals surface area contributed by atoms with Gasteiger partial charge in [0.25, 0.3) is 0 Å². The Labute approximate surface area is 126 Å². The number of piperazine rings is 1. The maximum atomic E-state index is 11.7. The van der Waals surface area contributed by atoms with Crippen LogP contribution in [0, 0.1) is 6.92 Å². The number of nitrogens with zero attached hydrogens (tertiary/aromatic N) is 3. The quantitative estimate of drug-likeness (QED) is 0.763. The van der Waals surface area contributed by atoms with E-state index in [0.29, 0.717) is 19.7 Å². The van der Waals surface area contributed by atoms with Crippen molar-refractivity contribution < 1.29 is 9.53 Å². The second-order valence-electron chi connectivity index (χ2n) is 5.30. The molecule has 1 aliphatic rings. The molecule has 1 saturated heterocycles. The second kappa shape index (κ2) is 7.95. The van der Waals surface area contributed by atoms with E-state index >= 15 is 0 Å². The van der Waals surface area contributed by atoms with E-state index in [1.807, 2.05) is 13.1 Å². The molecule has 1 aliphatic heterocycles. The number of aromatic nitrogens is 1. The summed E-state index contributed by atoms with van der Waals surface area (Å²) in [6, 6.07) is 4.14. The van der Waals surface area contributed by atoms with E-state index in [1.165, 1.54) is 5.56 Å². The van der Waals surface area contributed by atoms with Crippen LogP contribution in [0.5, 0.6) is 0 Å². The molecule has 116 valence electrons. The minimum Gasteiger partial charge on any atom is -0.383 e. The normalized spacial score (nSPS) is 16.0. The van der Waals surface area contributed by atoms with Gasteiger partial charge in [-0.05, 0) is 18.6 Å². The number of rotatable bonds is 6. The first-order valence-corrected chi connectivity index (χ1v) is 7.34. The number of methoxy groups -OCH3 is 1. The lowest BCUT2D eigenvalue weighted by molar-refractivity contribution is -0.122. The molecule has 21 heavy (non-hydrogen) atoms. The highest BCUT2D eigenvalue weighted by atomic mass is 16.5. The molecule has 0 radical (unpaired) electrons. The highest BCUT2D eigenvalue weighted by molar-refractivity contribution is 5.78. The van der Waals surface area contributed by atoms with E-state index in [9.17, 15) is 4.79 Å². The van der Waals surface area contributed by atoms with Gasteiger partial charge in [-0.15, -0.1) is 0 Å². The topological polar surface area (TPSA) is 57.7 Å². The third kappa shape index (κ3) is 4.99. The fourth-order valence-electron chi connectivity index (χ4n) is 2.33. The summed E-state index contributed by atoms with van der Waals surface area (Å²) >= 11 is 0. The van der Waals surface area contributed by atoms with Crippen LogP contribution in [0.1, 0.15) is 5.56 Å². The molecule has 2 heterocycles. The van der Waals surface area contributed by atoms with Crippen molar-refractivity contribution >= 4 is 11.7 Å². The first-order valence-electron chi connectivity index (χ1n) is 7.34. The lowest BCUT2D eigenvalue weighted by Gasteiger charge is -2.35. The van der Waals surface area contributed by atoms with E-state index in [-0.39, 0.29) is 5.91 Å². The van der Waals surface area contributed by atoms with E-state index in [2.05, 4.69) is 32.2 Å². The second-order valence-corrected chi connectivity index (χ2v) is 5.30. The van der Waals surface area contributed by atoms with Gasteiger partial charge in [-0.3, -0.25) is 9.69 Å². The summed E-state index contributed by atoms with van der Waals surface area (Å²) in [6.07, 6.45) is 1.89. The van der Waals surface area contributed by atoms with Crippen LogP contribution in [0.3, 0.4) is 0 Å². The summed E-state index contributed by atoms with van der Waals surface area (Å²) in [6.45, 7) is 7.19. The Morgan fingerprint density at radius 1 is 1.33 bits per heavy atom. The molecule has 1 aromatic heterocycles. The molecule has 1 aromatic rings. The highest BCUT2D eigenvalue weighted by Crippen LogP contribution is 2.13. The number of pyridine rings is 1. The Morgan fingerprint density at radius 2 is 2.10 bits per heavy atom. The average molecular weight is 292 g/mol. The first-order chi connectivity index (χ1) is 10.2. The molecule has 6 nitrogen and oxygen atoms in total. The van der Waals surface area contributed by atoms with Crippen LogP contribution in [-0.2, 0) is 9.53 Å². The van der Waals surface area contributed by atoms with Gasteiger partial charge in [-0.2, -0.15) is 0 Å². The van der Waals surface area contributed by atoms with Crippen molar-refractivity contribution in [2.24, 2.45) is 0 Å². The SMILES string of the molecule is COCCNC(=O)CN1CCN(c2ccc(C)cn2)CC1. The summed E-state index contributed by atoms with van der Waals surface area (Å²) < 4.78 is 4.91. The smallest absolute Gasteiger partial charge is 0.234 e. The Hall–Kier alpha value is -1.66. The van der Waals surface area contributed by atoms with Crippen molar-refractivity contribution in [3.63, 3.8) is 0 Å². The summed E-state index contributed by atoms with van der Waals surface area (Å²) in [5, 5.41) is 2.85. The summed E-state index contributed by atoms with van der Waals surface area (Å²) in [5.74, 6) is 1.08. The van der Waals surface area contributed by atoms with Crippen molar-refractivity contribution in [1.29, 1.82) is 0 Å². The molecule has 0 aliphatic carbocycles. The summed E-state index contributed by atoms with van der Waals surface area (Å²) in [5.41, 5.74) is 1.17. The monoisotopic (exact) mass is 292 g/mol. The predicted octanol–water partition coefficient (Wildman–Crippen LogP) is 0.275. The lowest BCUT2D eigenvalue weighted by Crippen LogP contribution is -2.50. The Kier molecular flexibility index (Phi) is 5.95. The number of nitrogens with one attached hydrogen (secondary N) is 1. The van der Waals surface area contributed by atoms with E-state index < -0.39 is 0 Å². The number of anilines is 1. The van der Waals surface area contributed by atoms with Crippen LogP contribution >= 0.6 is 0 Å². The number of carbonyl (C=O) groups is 1. The molecule has 1 fully saturated rings. The number of ether oxygens (including phenoxy) is 1. The van der Waals surface area contributed by atoms with Gasteiger partial charge in [-0.25, -0.2) is 4.98 Å². The van der Waals surface area contributed by atoms with Gasteiger partial charge in [0, 0.05) is 46.0 Å². The minimum atomic E-state index is 0.0639. The van der Waals surface area contributed by atoms with Crippen molar-refractivity contribution in [2.45, 2.75) is 6.92 Å². The van der Waals surface area contributed by atoms with Crippen LogP contribution in [0.2, 0.25) is 0 Å². The fourth-order valence-corrected chi connectivity index (χ4v) is 2.33. The number of aryl methyl sites for hydroxylation is 1. The van der Waals surface area contributed by atoms with Gasteiger partial charge in [0.2, 0.25) is 5.91 Å². The van der Waals surface area contributed by atoms with Crippen LogP contribution in [0.25, 0.3) is 0 Å². The van der Waals surface area contributed by atoms with Crippen molar-refractivity contribution in [3.05, 3.63) is 23.9 Å². The number of carbonyl (C=O) groups excluding carboxylic acids is 1. The lowest BCUT2D eigenvalue weighted by atomic mass is 10.2. The van der Waals surface area contributed by atoms with Crippen LogP contribution < -0.4 is 10.2 Å². The summed E-state index contributed by atoms with van der Waals surface area (Å²) in [7, 11) is 1.63. The molecule has 1 amide bonds. The Morgan fingerprint density at radius 3 is 2.71 bits per heavy atom. The van der Waals surface area contributed by atoms with Gasteiger partial charge < -0.3 is 15.0 Å². The number of amides is 1. The van der Waals surface area contributed by atoms with Gasteiger partial charge in [0.05, 0.1) is 13.2 Å². The van der Waals surface area contributed by atoms with Gasteiger partial charge in [0.1, 0.15) is 5.82 Å². The maximum Gasteiger partial charge on any atom is 0.234 e. The summed E-state index contributed by atoms with van der Waals surface area (Å²) in [4.78, 5) is 20.6. The molecule has 6 heteroatoms. The first kappa shape index (κ1) is 15.7. The molecule has 0 saturated carbocycles. The number of hydrogen-bond acceptors (Lipinski definition) is 5. The maximum absolute atomic E-state index is 11.7. The Bertz CT molecular complexity index is 441. The average Bonchev–Trinajstić information content (AvgIpc) is 2.49. The molecule has 1 N–H and O–H groups in total. The van der Waals surface area contributed by atoms with Crippen molar-refractivity contribution in [1.82, 2.24) is 15.2 Å². The van der Waals surface area contributed by atoms with Crippen LogP contribution in [-0.4, -0.2) is 68.8 Å². The molecular weight excluding hydrogens is 268 g/mol. The van der Waals surface area contributed by atoms with E-state index in [1.54, 1.807) is 7.11 Å². The fraction of sp³-hybridized carbons (Fsp3) is 0.600. The molecular formula is C15H24N4O2. The zero-order valence-electron chi connectivity index (χ0n) is 12.8. The molecule has 2 rings (SSSR count). The van der Waals surface area contributed by atoms with E-state index in [4.69, 9.17) is 4.74 Å². The molecule has 0 spiro atoms. The minimum absolute atomic E-state index is 0.0639. The third-order valence-corrected chi connectivity index (χ3v) is 3.59. The Balaban J connectivity index is 1.73. The molecule has 0 unspecified atom stereocenters. The predicted molar refractivity (Wildman–Crippen MR) is 82.5 cm³/mol. The molecule has 0 atom stereocenters. The highest BCUT2D eigenvalue weighted by Gasteiger charge is 2.19.